The molecule has 30 heavy (non-hydrogen) atoms. The molecule has 4 N–H and O–H groups in total. The normalized spacial score (nSPS) is 20.3. The molecule has 3 heterocycles. The molecule has 3 aromatic heterocycles. The van der Waals surface area contributed by atoms with Crippen LogP contribution in [-0.4, -0.2) is 54.9 Å². The fourth-order valence-corrected chi connectivity index (χ4v) is 4.40. The van der Waals surface area contributed by atoms with Crippen molar-refractivity contribution in [1.29, 1.82) is 5.26 Å². The zero-order chi connectivity index (χ0) is 21.1. The number of carbonyl (C=O) groups excluding carboxylic acids is 1. The van der Waals surface area contributed by atoms with Gasteiger partial charge in [-0.2, -0.15) is 5.26 Å². The summed E-state index contributed by atoms with van der Waals surface area (Å²) in [5, 5.41) is 31.1. The van der Waals surface area contributed by atoms with Crippen LogP contribution in [0.2, 0.25) is 0 Å². The molecule has 0 spiro atoms. The van der Waals surface area contributed by atoms with Gasteiger partial charge in [-0.05, 0) is 37.7 Å². The van der Waals surface area contributed by atoms with Crippen molar-refractivity contribution in [1.82, 2.24) is 24.8 Å². The van der Waals surface area contributed by atoms with E-state index in [1.54, 1.807) is 6.20 Å². The third-order valence-electron chi connectivity index (χ3n) is 5.93. The van der Waals surface area contributed by atoms with Gasteiger partial charge in [0.25, 0.3) is 0 Å². The van der Waals surface area contributed by atoms with E-state index in [1.165, 1.54) is 0 Å². The van der Waals surface area contributed by atoms with Gasteiger partial charge in [-0.1, -0.05) is 0 Å². The number of imidazole rings is 1. The number of nitriles is 1. The molecule has 1 unspecified atom stereocenters. The summed E-state index contributed by atoms with van der Waals surface area (Å²) in [4.78, 5) is 24.8. The minimum atomic E-state index is -0.980. The molecule has 1 atom stereocenters. The molecule has 0 saturated heterocycles. The number of carbonyl (C=O) groups is 1. The first kappa shape index (κ1) is 20.3. The summed E-state index contributed by atoms with van der Waals surface area (Å²) in [5.41, 5.74) is 2.51. The lowest BCUT2D eigenvalue weighted by Crippen LogP contribution is -2.35. The molecule has 158 valence electrons. The Labute approximate surface area is 173 Å². The number of aliphatic hydroxyl groups is 2. The molecule has 1 saturated carbocycles. The van der Waals surface area contributed by atoms with Crippen molar-refractivity contribution in [2.45, 2.75) is 50.7 Å². The molecule has 0 bridgehead atoms. The zero-order valence-electron chi connectivity index (χ0n) is 16.7. The molecule has 1 aliphatic carbocycles. The number of hydrogen-bond donors (Lipinski definition) is 4. The van der Waals surface area contributed by atoms with Gasteiger partial charge in [-0.25, -0.2) is 9.97 Å². The predicted molar refractivity (Wildman–Crippen MR) is 110 cm³/mol. The van der Waals surface area contributed by atoms with E-state index in [2.05, 4.69) is 25.9 Å². The van der Waals surface area contributed by atoms with Gasteiger partial charge >= 0.3 is 0 Å². The van der Waals surface area contributed by atoms with E-state index in [9.17, 15) is 9.90 Å². The van der Waals surface area contributed by atoms with Crippen molar-refractivity contribution in [2.24, 2.45) is 5.92 Å². The SMILES string of the molecule is N#CCC1CCC(n2c(CC(=O)NCC(O)CO)nc3cnc4[nH]ccc4c32)CC1. The highest BCUT2D eigenvalue weighted by Crippen LogP contribution is 2.37. The highest BCUT2D eigenvalue weighted by Gasteiger charge is 2.27. The number of aliphatic hydroxyl groups excluding tert-OH is 2. The number of fused-ring (bicyclic) bond motifs is 3. The fourth-order valence-electron chi connectivity index (χ4n) is 4.40. The summed E-state index contributed by atoms with van der Waals surface area (Å²) in [6, 6.07) is 4.46. The Morgan fingerprint density at radius 2 is 2.20 bits per heavy atom. The number of pyridine rings is 1. The van der Waals surface area contributed by atoms with Gasteiger partial charge in [0.2, 0.25) is 5.91 Å². The number of aromatic amines is 1. The second kappa shape index (κ2) is 8.81. The van der Waals surface area contributed by atoms with Gasteiger partial charge in [-0.15, -0.1) is 0 Å². The molecule has 1 amide bonds. The topological polar surface area (TPSA) is 140 Å². The third-order valence-corrected chi connectivity index (χ3v) is 5.93. The van der Waals surface area contributed by atoms with Crippen molar-refractivity contribution >= 4 is 28.0 Å². The van der Waals surface area contributed by atoms with Crippen molar-refractivity contribution in [3.63, 3.8) is 0 Å². The summed E-state index contributed by atoms with van der Waals surface area (Å²) >= 11 is 0. The Balaban J connectivity index is 1.67. The lowest BCUT2D eigenvalue weighted by molar-refractivity contribution is -0.121. The summed E-state index contributed by atoms with van der Waals surface area (Å²) in [5.74, 6) is 0.845. The molecule has 1 fully saturated rings. The van der Waals surface area contributed by atoms with Crippen LogP contribution in [0, 0.1) is 17.2 Å². The van der Waals surface area contributed by atoms with E-state index < -0.39 is 12.7 Å². The van der Waals surface area contributed by atoms with Gasteiger partial charge < -0.3 is 25.1 Å². The Hall–Kier alpha value is -2.96. The Morgan fingerprint density at radius 1 is 1.40 bits per heavy atom. The summed E-state index contributed by atoms with van der Waals surface area (Å²) in [6.07, 6.45) is 7.09. The molecule has 9 nitrogen and oxygen atoms in total. The van der Waals surface area contributed by atoms with E-state index in [4.69, 9.17) is 15.4 Å². The van der Waals surface area contributed by atoms with Crippen molar-refractivity contribution < 1.29 is 15.0 Å². The zero-order valence-corrected chi connectivity index (χ0v) is 16.7. The monoisotopic (exact) mass is 410 g/mol. The molecule has 0 aliphatic heterocycles. The molecule has 4 rings (SSSR count). The van der Waals surface area contributed by atoms with E-state index in [0.717, 1.165) is 47.8 Å². The first-order valence-electron chi connectivity index (χ1n) is 10.4. The number of rotatable bonds is 7. The molecular weight excluding hydrogens is 384 g/mol. The highest BCUT2D eigenvalue weighted by molar-refractivity contribution is 6.01. The minimum Gasteiger partial charge on any atom is -0.394 e. The van der Waals surface area contributed by atoms with Crippen LogP contribution in [0.25, 0.3) is 22.1 Å². The van der Waals surface area contributed by atoms with Crippen LogP contribution in [0.3, 0.4) is 0 Å². The highest BCUT2D eigenvalue weighted by atomic mass is 16.3. The van der Waals surface area contributed by atoms with E-state index in [-0.39, 0.29) is 24.9 Å². The maximum absolute atomic E-state index is 12.5. The predicted octanol–water partition coefficient (Wildman–Crippen LogP) is 1.57. The van der Waals surface area contributed by atoms with Crippen LogP contribution in [-0.2, 0) is 11.2 Å². The fraction of sp³-hybridized carbons (Fsp3) is 0.524. The lowest BCUT2D eigenvalue weighted by atomic mass is 9.84. The van der Waals surface area contributed by atoms with Gasteiger partial charge in [0, 0.05) is 30.6 Å². The van der Waals surface area contributed by atoms with E-state index in [0.29, 0.717) is 18.2 Å². The average molecular weight is 410 g/mol. The van der Waals surface area contributed by atoms with Crippen molar-refractivity contribution in [3.8, 4) is 6.07 Å². The standard InChI is InChI=1S/C21H26N6O3/c22-7-5-13-1-3-14(4-2-13)27-18(9-19(30)24-10-15(29)12-28)26-17-11-25-21-16(20(17)27)6-8-23-21/h6,8,11,13-15,28-29H,1-5,9-10,12H2,(H,23,25)(H,24,30). The number of nitrogens with one attached hydrogen (secondary N) is 2. The maximum Gasteiger partial charge on any atom is 0.227 e. The van der Waals surface area contributed by atoms with Crippen LogP contribution in [0.4, 0.5) is 0 Å². The molecule has 9 heteroatoms. The first-order valence-corrected chi connectivity index (χ1v) is 10.4. The van der Waals surface area contributed by atoms with Gasteiger partial charge in [0.05, 0.1) is 36.9 Å². The van der Waals surface area contributed by atoms with Crippen molar-refractivity contribution in [2.75, 3.05) is 13.2 Å². The molecular formula is C21H26N6O3. The number of amides is 1. The maximum atomic E-state index is 12.5. The first-order chi connectivity index (χ1) is 14.6. The van der Waals surface area contributed by atoms with E-state index >= 15 is 0 Å². The Bertz CT molecular complexity index is 1070. The van der Waals surface area contributed by atoms with Crippen LogP contribution in [0.15, 0.2) is 18.5 Å². The molecule has 1 aliphatic rings. The van der Waals surface area contributed by atoms with Crippen LogP contribution < -0.4 is 5.32 Å². The van der Waals surface area contributed by atoms with E-state index in [1.807, 2.05) is 12.3 Å². The Morgan fingerprint density at radius 3 is 2.93 bits per heavy atom. The summed E-state index contributed by atoms with van der Waals surface area (Å²) in [6.45, 7) is -0.402. The summed E-state index contributed by atoms with van der Waals surface area (Å²) < 4.78 is 2.18. The van der Waals surface area contributed by atoms with Crippen LogP contribution in [0.5, 0.6) is 0 Å². The minimum absolute atomic E-state index is 0.00155. The number of nitrogens with zero attached hydrogens (tertiary/aromatic N) is 4. The quantitative estimate of drug-likeness (QED) is 0.466. The van der Waals surface area contributed by atoms with Gasteiger partial charge in [-0.3, -0.25) is 4.79 Å². The molecule has 0 radical (unpaired) electrons. The van der Waals surface area contributed by atoms with Crippen LogP contribution >= 0.6 is 0 Å². The van der Waals surface area contributed by atoms with Gasteiger partial charge in [0.1, 0.15) is 17.0 Å². The third kappa shape index (κ3) is 4.01. The lowest BCUT2D eigenvalue weighted by Gasteiger charge is -2.30. The van der Waals surface area contributed by atoms with Crippen molar-refractivity contribution in [3.05, 3.63) is 24.3 Å². The molecule has 3 aromatic rings. The van der Waals surface area contributed by atoms with Gasteiger partial charge in [0.15, 0.2) is 0 Å². The largest absolute Gasteiger partial charge is 0.394 e. The Kier molecular flexibility index (Phi) is 5.97. The summed E-state index contributed by atoms with van der Waals surface area (Å²) in [7, 11) is 0. The second-order valence-electron chi connectivity index (χ2n) is 7.98. The number of H-pyrrole nitrogens is 1. The number of hydrogen-bond acceptors (Lipinski definition) is 6. The smallest absolute Gasteiger partial charge is 0.227 e. The molecule has 0 aromatic carbocycles. The second-order valence-corrected chi connectivity index (χ2v) is 7.98. The van der Waals surface area contributed by atoms with Crippen LogP contribution in [0.1, 0.15) is 44.0 Å². The number of aromatic nitrogens is 4. The average Bonchev–Trinajstić information content (AvgIpc) is 3.36.